The molecule has 0 bridgehead atoms. The van der Waals surface area contributed by atoms with Crippen LogP contribution in [0.3, 0.4) is 0 Å². The van der Waals surface area contributed by atoms with Crippen LogP contribution in [0.25, 0.3) is 10.9 Å². The molecule has 6 nitrogen and oxygen atoms in total. The van der Waals surface area contributed by atoms with E-state index in [9.17, 15) is 9.59 Å². The van der Waals surface area contributed by atoms with E-state index in [0.717, 1.165) is 22.2 Å². The lowest BCUT2D eigenvalue weighted by Gasteiger charge is -2.34. The van der Waals surface area contributed by atoms with Crippen molar-refractivity contribution in [3.8, 4) is 0 Å². The lowest BCUT2D eigenvalue weighted by molar-refractivity contribution is -0.145. The first-order valence-electron chi connectivity index (χ1n) is 8.80. The van der Waals surface area contributed by atoms with Gasteiger partial charge in [-0.15, -0.1) is 0 Å². The Morgan fingerprint density at radius 3 is 2.74 bits per heavy atom. The van der Waals surface area contributed by atoms with Crippen molar-refractivity contribution in [3.63, 3.8) is 0 Å². The molecule has 3 aromatic rings. The molecular formula is C20H19ClN4O2. The summed E-state index contributed by atoms with van der Waals surface area (Å²) < 4.78 is 0. The Morgan fingerprint density at radius 2 is 2.00 bits per heavy atom. The molecule has 27 heavy (non-hydrogen) atoms. The summed E-state index contributed by atoms with van der Waals surface area (Å²) in [5, 5.41) is 1.67. The van der Waals surface area contributed by atoms with Crippen molar-refractivity contribution in [1.82, 2.24) is 19.8 Å². The molecule has 3 heterocycles. The predicted molar refractivity (Wildman–Crippen MR) is 103 cm³/mol. The highest BCUT2D eigenvalue weighted by atomic mass is 35.5. The zero-order valence-electron chi connectivity index (χ0n) is 14.7. The van der Waals surface area contributed by atoms with Gasteiger partial charge in [0.15, 0.2) is 0 Å². The number of H-pyrrole nitrogens is 1. The highest BCUT2D eigenvalue weighted by Gasteiger charge is 2.27. The van der Waals surface area contributed by atoms with Crippen molar-refractivity contribution >= 4 is 34.3 Å². The molecule has 0 atom stereocenters. The number of aromatic nitrogens is 2. The smallest absolute Gasteiger partial charge is 0.242 e. The number of pyridine rings is 1. The summed E-state index contributed by atoms with van der Waals surface area (Å²) >= 11 is 5.87. The van der Waals surface area contributed by atoms with Gasteiger partial charge in [0.1, 0.15) is 0 Å². The molecular weight excluding hydrogens is 364 g/mol. The van der Waals surface area contributed by atoms with Gasteiger partial charge in [0.25, 0.3) is 0 Å². The highest BCUT2D eigenvalue weighted by Crippen LogP contribution is 2.17. The van der Waals surface area contributed by atoms with Crippen LogP contribution in [0.2, 0.25) is 5.02 Å². The minimum Gasteiger partial charge on any atom is -0.357 e. The van der Waals surface area contributed by atoms with Gasteiger partial charge in [0, 0.05) is 47.1 Å². The van der Waals surface area contributed by atoms with Gasteiger partial charge in [-0.1, -0.05) is 23.7 Å². The molecule has 0 aliphatic carbocycles. The molecule has 4 rings (SSSR count). The Labute approximate surface area is 161 Å². The number of halogens is 1. The fourth-order valence-electron chi connectivity index (χ4n) is 3.30. The van der Waals surface area contributed by atoms with Crippen LogP contribution >= 0.6 is 11.6 Å². The van der Waals surface area contributed by atoms with E-state index < -0.39 is 0 Å². The highest BCUT2D eigenvalue weighted by molar-refractivity contribution is 6.30. The van der Waals surface area contributed by atoms with Crippen LogP contribution in [0.4, 0.5) is 0 Å². The number of hydrogen-bond donors (Lipinski definition) is 1. The van der Waals surface area contributed by atoms with E-state index in [-0.39, 0.29) is 24.8 Å². The molecule has 1 saturated heterocycles. The standard InChI is InChI=1S/C20H19ClN4O2/c21-16-3-1-14(2-4-16)9-19(26)25-8-7-24(20(27)13-25)12-17-10-15-11-22-6-5-18(15)23-17/h1-6,10-11,23H,7-9,12-13H2. The third-order valence-electron chi connectivity index (χ3n) is 4.78. The number of nitrogens with one attached hydrogen (secondary N) is 1. The van der Waals surface area contributed by atoms with E-state index in [1.807, 2.05) is 24.3 Å². The number of aromatic amines is 1. The SMILES string of the molecule is O=C(Cc1ccc(Cl)cc1)N1CCN(Cc2cc3cnccc3[nH]2)C(=O)C1. The van der Waals surface area contributed by atoms with Gasteiger partial charge in [-0.2, -0.15) is 0 Å². The van der Waals surface area contributed by atoms with Crippen molar-refractivity contribution in [2.45, 2.75) is 13.0 Å². The van der Waals surface area contributed by atoms with Crippen molar-refractivity contribution in [2.24, 2.45) is 0 Å². The molecule has 1 aliphatic heterocycles. The molecule has 2 amide bonds. The van der Waals surface area contributed by atoms with E-state index in [1.54, 1.807) is 34.3 Å². The first kappa shape index (κ1) is 17.5. The van der Waals surface area contributed by atoms with Gasteiger partial charge in [-0.05, 0) is 29.8 Å². The second-order valence-electron chi connectivity index (χ2n) is 6.69. The Morgan fingerprint density at radius 1 is 1.19 bits per heavy atom. The van der Waals surface area contributed by atoms with Crippen LogP contribution in [0.5, 0.6) is 0 Å². The quantitative estimate of drug-likeness (QED) is 0.754. The van der Waals surface area contributed by atoms with Gasteiger partial charge in [-0.25, -0.2) is 0 Å². The minimum atomic E-state index is -0.0398. The Hall–Kier alpha value is -2.86. The average molecular weight is 383 g/mol. The number of benzene rings is 1. The Balaban J connectivity index is 1.36. The van der Waals surface area contributed by atoms with E-state index in [2.05, 4.69) is 9.97 Å². The molecule has 1 aromatic carbocycles. The summed E-state index contributed by atoms with van der Waals surface area (Å²) in [5.74, 6) is -0.0792. The van der Waals surface area contributed by atoms with Crippen LogP contribution in [0.1, 0.15) is 11.3 Å². The second kappa shape index (κ2) is 7.40. The number of nitrogens with zero attached hydrogens (tertiary/aromatic N) is 3. The van der Waals surface area contributed by atoms with Crippen molar-refractivity contribution in [1.29, 1.82) is 0 Å². The molecule has 1 N–H and O–H groups in total. The van der Waals surface area contributed by atoms with Gasteiger partial charge in [0.05, 0.1) is 19.5 Å². The lowest BCUT2D eigenvalue weighted by Crippen LogP contribution is -2.52. The number of piperazine rings is 1. The molecule has 1 fully saturated rings. The van der Waals surface area contributed by atoms with Crippen LogP contribution in [0, 0.1) is 0 Å². The molecule has 0 saturated carbocycles. The van der Waals surface area contributed by atoms with Crippen LogP contribution in [0.15, 0.2) is 48.8 Å². The maximum Gasteiger partial charge on any atom is 0.242 e. The Bertz CT molecular complexity index is 950. The molecule has 0 radical (unpaired) electrons. The zero-order chi connectivity index (χ0) is 18.8. The third kappa shape index (κ3) is 3.95. The van der Waals surface area contributed by atoms with E-state index in [0.29, 0.717) is 24.7 Å². The van der Waals surface area contributed by atoms with Crippen LogP contribution < -0.4 is 0 Å². The largest absolute Gasteiger partial charge is 0.357 e. The van der Waals surface area contributed by atoms with Crippen LogP contribution in [-0.4, -0.2) is 51.2 Å². The summed E-state index contributed by atoms with van der Waals surface area (Å²) in [6.45, 7) is 1.69. The minimum absolute atomic E-state index is 0.0394. The molecule has 138 valence electrons. The van der Waals surface area contributed by atoms with Crippen molar-refractivity contribution < 1.29 is 9.59 Å². The number of fused-ring (bicyclic) bond motifs is 1. The average Bonchev–Trinajstić information content (AvgIpc) is 3.07. The predicted octanol–water partition coefficient (Wildman–Crippen LogP) is 2.63. The monoisotopic (exact) mass is 382 g/mol. The number of amides is 2. The summed E-state index contributed by atoms with van der Waals surface area (Å²) in [7, 11) is 0. The van der Waals surface area contributed by atoms with E-state index in [1.165, 1.54) is 0 Å². The normalized spacial score (nSPS) is 14.8. The number of carbonyl (C=O) groups excluding carboxylic acids is 2. The summed E-state index contributed by atoms with van der Waals surface area (Å²) in [4.78, 5) is 35.8. The maximum atomic E-state index is 12.5. The van der Waals surface area contributed by atoms with Gasteiger partial charge < -0.3 is 14.8 Å². The van der Waals surface area contributed by atoms with E-state index >= 15 is 0 Å². The zero-order valence-corrected chi connectivity index (χ0v) is 15.4. The fraction of sp³-hybridized carbons (Fsp3) is 0.250. The first-order chi connectivity index (χ1) is 13.1. The van der Waals surface area contributed by atoms with Crippen molar-refractivity contribution in [3.05, 3.63) is 65.1 Å². The third-order valence-corrected chi connectivity index (χ3v) is 5.03. The summed E-state index contributed by atoms with van der Waals surface area (Å²) in [6.07, 6.45) is 3.81. The lowest BCUT2D eigenvalue weighted by atomic mass is 10.1. The van der Waals surface area contributed by atoms with E-state index in [4.69, 9.17) is 11.6 Å². The molecule has 7 heteroatoms. The Kier molecular flexibility index (Phi) is 4.81. The first-order valence-corrected chi connectivity index (χ1v) is 9.18. The topological polar surface area (TPSA) is 69.3 Å². The van der Waals surface area contributed by atoms with Crippen LogP contribution in [-0.2, 0) is 22.6 Å². The fourth-order valence-corrected chi connectivity index (χ4v) is 3.43. The summed E-state index contributed by atoms with van der Waals surface area (Å²) in [6, 6.07) is 11.1. The second-order valence-corrected chi connectivity index (χ2v) is 7.13. The molecule has 1 aliphatic rings. The maximum absolute atomic E-state index is 12.5. The van der Waals surface area contributed by atoms with Gasteiger partial charge in [0.2, 0.25) is 11.8 Å². The number of carbonyl (C=O) groups is 2. The van der Waals surface area contributed by atoms with Crippen molar-refractivity contribution in [2.75, 3.05) is 19.6 Å². The number of hydrogen-bond acceptors (Lipinski definition) is 3. The van der Waals surface area contributed by atoms with Gasteiger partial charge in [-0.3, -0.25) is 14.6 Å². The molecule has 0 unspecified atom stereocenters. The molecule has 0 spiro atoms. The van der Waals surface area contributed by atoms with Gasteiger partial charge >= 0.3 is 0 Å². The molecule has 2 aromatic heterocycles. The number of rotatable bonds is 4. The summed E-state index contributed by atoms with van der Waals surface area (Å²) in [5.41, 5.74) is 2.86.